The largest absolute Gasteiger partial charge is 0.299 e. The van der Waals surface area contributed by atoms with Crippen molar-refractivity contribution in [2.24, 2.45) is 0 Å². The quantitative estimate of drug-likeness (QED) is 0.389. The fraction of sp³-hybridized carbons (Fsp3) is 0.105. The number of para-hydroxylation sites is 1. The van der Waals surface area contributed by atoms with Gasteiger partial charge in [0.25, 0.3) is 0 Å². The number of hydrogen-bond donors (Lipinski definition) is 1. The van der Waals surface area contributed by atoms with Gasteiger partial charge in [0.05, 0.1) is 11.7 Å². The molecule has 0 radical (unpaired) electrons. The van der Waals surface area contributed by atoms with E-state index in [4.69, 9.17) is 0 Å². The molecule has 1 amide bonds. The molecule has 1 N–H and O–H groups in total. The predicted octanol–water partition coefficient (Wildman–Crippen LogP) is 3.18. The lowest BCUT2D eigenvalue weighted by atomic mass is 10.2. The number of thioether (sulfide) groups is 1. The highest BCUT2D eigenvalue weighted by Crippen LogP contribution is 2.28. The Kier molecular flexibility index (Phi) is 5.45. The molecule has 140 valence electrons. The molecular formula is C19H15N5O2S2. The molecule has 9 heteroatoms. The summed E-state index contributed by atoms with van der Waals surface area (Å²) in [7, 11) is 0. The smallest absolute Gasteiger partial charge is 0.247 e. The van der Waals surface area contributed by atoms with Crippen LogP contribution in [-0.2, 0) is 17.1 Å². The highest BCUT2D eigenvalue weighted by atomic mass is 32.2. The second-order valence-corrected chi connectivity index (χ2v) is 8.08. The van der Waals surface area contributed by atoms with Crippen LogP contribution in [0.25, 0.3) is 10.9 Å². The van der Waals surface area contributed by atoms with Crippen LogP contribution < -0.4 is 10.7 Å². The molecule has 0 atom stereocenters. The first kappa shape index (κ1) is 18.3. The van der Waals surface area contributed by atoms with Gasteiger partial charge < -0.3 is 0 Å². The van der Waals surface area contributed by atoms with E-state index in [2.05, 4.69) is 32.7 Å². The highest BCUT2D eigenvalue weighted by Gasteiger charge is 2.11. The third-order valence-corrected chi connectivity index (χ3v) is 5.96. The summed E-state index contributed by atoms with van der Waals surface area (Å²) in [6.07, 6.45) is 1.22. The van der Waals surface area contributed by atoms with E-state index in [1.807, 2.05) is 18.2 Å². The second-order valence-electron chi connectivity index (χ2n) is 5.88. The Morgan fingerprint density at radius 3 is 2.71 bits per heavy atom. The van der Waals surface area contributed by atoms with Gasteiger partial charge in [0.1, 0.15) is 6.54 Å². The van der Waals surface area contributed by atoms with E-state index in [-0.39, 0.29) is 17.9 Å². The number of hydrogen-bond acceptors (Lipinski definition) is 7. The molecule has 0 saturated heterocycles. The van der Waals surface area contributed by atoms with E-state index < -0.39 is 0 Å². The van der Waals surface area contributed by atoms with Gasteiger partial charge in [-0.2, -0.15) is 5.10 Å². The lowest BCUT2D eigenvalue weighted by molar-refractivity contribution is -0.116. The Balaban J connectivity index is 1.40. The van der Waals surface area contributed by atoms with Gasteiger partial charge in [-0.25, -0.2) is 0 Å². The Bertz CT molecular complexity index is 1170. The van der Waals surface area contributed by atoms with Gasteiger partial charge in [-0.1, -0.05) is 65.6 Å². The molecule has 0 fully saturated rings. The Morgan fingerprint density at radius 2 is 1.86 bits per heavy atom. The summed E-state index contributed by atoms with van der Waals surface area (Å²) in [5.74, 6) is 0.508. The zero-order valence-corrected chi connectivity index (χ0v) is 16.2. The number of carbonyl (C=O) groups excluding carboxylic acids is 1. The standard InChI is InChI=1S/C19H15N5O2S2/c25-16-10-20-24(15-9-5-4-8-14(15)16)11-17(26)21-18-22-23-19(28-18)27-12-13-6-2-1-3-7-13/h1-10H,11-12H2,(H,21,22,26). The van der Waals surface area contributed by atoms with Crippen LogP contribution in [0.15, 0.2) is 69.9 Å². The average Bonchev–Trinajstić information content (AvgIpc) is 3.17. The first-order valence-corrected chi connectivity index (χ1v) is 10.2. The molecule has 4 rings (SSSR count). The molecular weight excluding hydrogens is 394 g/mol. The van der Waals surface area contributed by atoms with Crippen molar-refractivity contribution in [3.63, 3.8) is 0 Å². The van der Waals surface area contributed by atoms with E-state index in [9.17, 15) is 9.59 Å². The molecule has 0 unspecified atom stereocenters. The minimum absolute atomic E-state index is 0.0210. The lowest BCUT2D eigenvalue weighted by Gasteiger charge is -2.08. The first-order chi connectivity index (χ1) is 13.7. The van der Waals surface area contributed by atoms with Gasteiger partial charge in [-0.3, -0.25) is 19.6 Å². The van der Waals surface area contributed by atoms with Crippen LogP contribution in [0, 0.1) is 0 Å². The van der Waals surface area contributed by atoms with Gasteiger partial charge in [0, 0.05) is 11.1 Å². The van der Waals surface area contributed by atoms with Crippen LogP contribution in [-0.4, -0.2) is 25.9 Å². The molecule has 0 saturated carbocycles. The number of nitrogens with zero attached hydrogens (tertiary/aromatic N) is 4. The van der Waals surface area contributed by atoms with Crippen molar-refractivity contribution < 1.29 is 4.79 Å². The van der Waals surface area contributed by atoms with Crippen molar-refractivity contribution in [2.45, 2.75) is 16.6 Å². The number of anilines is 1. The molecule has 0 aliphatic carbocycles. The molecule has 2 aromatic carbocycles. The van der Waals surface area contributed by atoms with Crippen LogP contribution in [0.2, 0.25) is 0 Å². The van der Waals surface area contributed by atoms with Crippen LogP contribution >= 0.6 is 23.1 Å². The minimum atomic E-state index is -0.280. The SMILES string of the molecule is O=C(Cn1ncc(=O)c2ccccc21)Nc1nnc(SCc2ccccc2)s1. The molecule has 2 heterocycles. The van der Waals surface area contributed by atoms with Crippen molar-refractivity contribution in [3.8, 4) is 0 Å². The molecule has 28 heavy (non-hydrogen) atoms. The van der Waals surface area contributed by atoms with Gasteiger partial charge in [0.15, 0.2) is 4.34 Å². The van der Waals surface area contributed by atoms with Gasteiger partial charge in [0.2, 0.25) is 16.5 Å². The van der Waals surface area contributed by atoms with Crippen molar-refractivity contribution >= 4 is 45.0 Å². The van der Waals surface area contributed by atoms with Crippen LogP contribution in [0.1, 0.15) is 5.56 Å². The van der Waals surface area contributed by atoms with Crippen molar-refractivity contribution in [1.29, 1.82) is 0 Å². The molecule has 4 aromatic rings. The number of amides is 1. The Labute approximate surface area is 168 Å². The van der Waals surface area contributed by atoms with E-state index in [0.717, 1.165) is 10.1 Å². The topological polar surface area (TPSA) is 89.8 Å². The maximum atomic E-state index is 12.4. The fourth-order valence-electron chi connectivity index (χ4n) is 2.62. The van der Waals surface area contributed by atoms with Crippen molar-refractivity contribution in [3.05, 3.63) is 76.6 Å². The maximum Gasteiger partial charge on any atom is 0.247 e. The summed E-state index contributed by atoms with van der Waals surface area (Å²) in [6.45, 7) is -0.0210. The highest BCUT2D eigenvalue weighted by molar-refractivity contribution is 8.00. The van der Waals surface area contributed by atoms with E-state index in [1.54, 1.807) is 36.0 Å². The maximum absolute atomic E-state index is 12.4. The number of carbonyl (C=O) groups is 1. The summed E-state index contributed by atoms with van der Waals surface area (Å²) in [6, 6.07) is 17.1. The fourth-order valence-corrected chi connectivity index (χ4v) is 4.34. The van der Waals surface area contributed by atoms with Gasteiger partial charge in [-0.05, 0) is 17.7 Å². The number of fused-ring (bicyclic) bond motifs is 1. The summed E-state index contributed by atoms with van der Waals surface area (Å²) in [5.41, 5.74) is 1.64. The van der Waals surface area contributed by atoms with Crippen LogP contribution in [0.3, 0.4) is 0 Å². The first-order valence-electron chi connectivity index (χ1n) is 8.44. The summed E-state index contributed by atoms with van der Waals surface area (Å²) in [5, 5.41) is 15.9. The molecule has 0 aliphatic rings. The zero-order chi connectivity index (χ0) is 19.3. The van der Waals surface area contributed by atoms with E-state index in [1.165, 1.54) is 27.8 Å². The molecule has 0 bridgehead atoms. The van der Waals surface area contributed by atoms with Crippen molar-refractivity contribution in [1.82, 2.24) is 20.0 Å². The second kappa shape index (κ2) is 8.32. The Hall–Kier alpha value is -3.04. The molecule has 0 aliphatic heterocycles. The lowest BCUT2D eigenvalue weighted by Crippen LogP contribution is -2.22. The van der Waals surface area contributed by atoms with Crippen molar-refractivity contribution in [2.75, 3.05) is 5.32 Å². The number of nitrogens with one attached hydrogen (secondary N) is 1. The normalized spacial score (nSPS) is 10.9. The zero-order valence-electron chi connectivity index (χ0n) is 14.6. The summed E-state index contributed by atoms with van der Waals surface area (Å²) >= 11 is 2.90. The van der Waals surface area contributed by atoms with E-state index >= 15 is 0 Å². The molecule has 7 nitrogen and oxygen atoms in total. The summed E-state index contributed by atoms with van der Waals surface area (Å²) < 4.78 is 2.28. The molecule has 2 aromatic heterocycles. The van der Waals surface area contributed by atoms with Crippen LogP contribution in [0.4, 0.5) is 5.13 Å². The Morgan fingerprint density at radius 1 is 1.07 bits per heavy atom. The van der Waals surface area contributed by atoms with Crippen LogP contribution in [0.5, 0.6) is 0 Å². The third kappa shape index (κ3) is 4.26. The minimum Gasteiger partial charge on any atom is -0.299 e. The average molecular weight is 409 g/mol. The number of rotatable bonds is 6. The van der Waals surface area contributed by atoms with Gasteiger partial charge in [-0.15, -0.1) is 10.2 Å². The number of aromatic nitrogens is 4. The monoisotopic (exact) mass is 409 g/mol. The summed E-state index contributed by atoms with van der Waals surface area (Å²) in [4.78, 5) is 24.3. The van der Waals surface area contributed by atoms with E-state index in [0.29, 0.717) is 16.0 Å². The number of benzene rings is 2. The van der Waals surface area contributed by atoms with Gasteiger partial charge >= 0.3 is 0 Å². The third-order valence-electron chi connectivity index (χ3n) is 3.91. The molecule has 0 spiro atoms. The predicted molar refractivity (Wildman–Crippen MR) is 111 cm³/mol.